The maximum Gasteiger partial charge on any atom is 0.332 e. The first-order chi connectivity index (χ1) is 8.77. The number of imidazole rings is 1. The van der Waals surface area contributed by atoms with Gasteiger partial charge in [-0.25, -0.2) is 9.78 Å². The number of primary amides is 1. The minimum atomic E-state index is -0.737. The third kappa shape index (κ3) is 1.67. The molecule has 0 aliphatic carbocycles. The Bertz CT molecular complexity index is 793. The summed E-state index contributed by atoms with van der Waals surface area (Å²) in [6.45, 7) is 3.61. The van der Waals surface area contributed by atoms with Gasteiger partial charge in [0.2, 0.25) is 5.82 Å². The number of amides is 1. The highest BCUT2D eigenvalue weighted by atomic mass is 16.2. The highest BCUT2D eigenvalue weighted by Gasteiger charge is 2.22. The zero-order valence-corrected chi connectivity index (χ0v) is 11.2. The first-order valence-corrected chi connectivity index (χ1v) is 5.75. The molecule has 2 N–H and O–H groups in total. The smallest absolute Gasteiger partial charge is 0.332 e. The highest BCUT2D eigenvalue weighted by molar-refractivity contribution is 5.93. The van der Waals surface area contributed by atoms with Gasteiger partial charge in [0.25, 0.3) is 11.5 Å². The molecule has 102 valence electrons. The van der Waals surface area contributed by atoms with Crippen LogP contribution < -0.4 is 17.0 Å². The van der Waals surface area contributed by atoms with E-state index in [2.05, 4.69) is 4.98 Å². The Hall–Kier alpha value is -2.38. The van der Waals surface area contributed by atoms with E-state index in [0.29, 0.717) is 0 Å². The van der Waals surface area contributed by atoms with Crippen LogP contribution in [0, 0.1) is 0 Å². The Morgan fingerprint density at radius 1 is 1.21 bits per heavy atom. The lowest BCUT2D eigenvalue weighted by atomic mass is 10.3. The molecule has 19 heavy (non-hydrogen) atoms. The van der Waals surface area contributed by atoms with E-state index < -0.39 is 17.2 Å². The fourth-order valence-corrected chi connectivity index (χ4v) is 2.09. The number of hydrogen-bond donors (Lipinski definition) is 1. The molecule has 0 atom stereocenters. The van der Waals surface area contributed by atoms with Gasteiger partial charge in [0.1, 0.15) is 0 Å². The zero-order valence-electron chi connectivity index (χ0n) is 11.2. The average Bonchev–Trinajstić information content (AvgIpc) is 2.74. The number of nitrogens with zero attached hydrogens (tertiary/aromatic N) is 4. The summed E-state index contributed by atoms with van der Waals surface area (Å²) in [5, 5.41) is 0. The molecule has 0 aliphatic heterocycles. The number of rotatable bonds is 2. The van der Waals surface area contributed by atoms with E-state index in [0.717, 1.165) is 4.57 Å². The van der Waals surface area contributed by atoms with E-state index in [4.69, 9.17) is 5.73 Å². The molecule has 1 amide bonds. The normalized spacial score (nSPS) is 11.4. The summed E-state index contributed by atoms with van der Waals surface area (Å²) in [7, 11) is 2.87. The quantitative estimate of drug-likeness (QED) is 0.760. The summed E-state index contributed by atoms with van der Waals surface area (Å²) in [5.41, 5.74) is 4.65. The maximum atomic E-state index is 12.2. The minimum absolute atomic E-state index is 0.0247. The minimum Gasteiger partial charge on any atom is -0.363 e. The van der Waals surface area contributed by atoms with Crippen molar-refractivity contribution in [2.45, 2.75) is 19.9 Å². The third-order valence-electron chi connectivity index (χ3n) is 3.03. The molecule has 8 heteroatoms. The Labute approximate surface area is 108 Å². The van der Waals surface area contributed by atoms with E-state index >= 15 is 0 Å². The molecular weight excluding hydrogens is 250 g/mol. The molecular formula is C11H15N5O3. The highest BCUT2D eigenvalue weighted by Crippen LogP contribution is 2.16. The molecule has 2 aromatic heterocycles. The summed E-state index contributed by atoms with van der Waals surface area (Å²) in [6, 6.07) is -0.183. The van der Waals surface area contributed by atoms with Crippen LogP contribution >= 0.6 is 0 Å². The fourth-order valence-electron chi connectivity index (χ4n) is 2.09. The number of carbonyl (C=O) groups is 1. The molecule has 0 radical (unpaired) electrons. The SMILES string of the molecule is CC(C)n1c(C(N)=O)nc2c1c(=O)n(C)c(=O)n2C. The van der Waals surface area contributed by atoms with Crippen molar-refractivity contribution in [1.29, 1.82) is 0 Å². The van der Waals surface area contributed by atoms with Crippen molar-refractivity contribution in [3.8, 4) is 0 Å². The zero-order chi connectivity index (χ0) is 14.5. The number of aryl methyl sites for hydroxylation is 1. The number of aromatic nitrogens is 4. The van der Waals surface area contributed by atoms with Gasteiger partial charge in [-0.05, 0) is 13.8 Å². The predicted molar refractivity (Wildman–Crippen MR) is 69.1 cm³/mol. The van der Waals surface area contributed by atoms with E-state index in [-0.39, 0.29) is 23.0 Å². The fraction of sp³-hybridized carbons (Fsp3) is 0.455. The van der Waals surface area contributed by atoms with Gasteiger partial charge in [-0.1, -0.05) is 0 Å². The van der Waals surface area contributed by atoms with Gasteiger partial charge in [-0.3, -0.25) is 18.7 Å². The monoisotopic (exact) mass is 265 g/mol. The summed E-state index contributed by atoms with van der Waals surface area (Å²) in [6.07, 6.45) is 0. The van der Waals surface area contributed by atoms with Crippen molar-refractivity contribution in [3.63, 3.8) is 0 Å². The van der Waals surface area contributed by atoms with Crippen LogP contribution in [0.4, 0.5) is 0 Å². The summed E-state index contributed by atoms with van der Waals surface area (Å²) >= 11 is 0. The van der Waals surface area contributed by atoms with Crippen molar-refractivity contribution in [2.75, 3.05) is 0 Å². The van der Waals surface area contributed by atoms with Gasteiger partial charge >= 0.3 is 5.69 Å². The summed E-state index contributed by atoms with van der Waals surface area (Å²) in [5.74, 6) is -0.761. The van der Waals surface area contributed by atoms with E-state index in [1.807, 2.05) is 0 Å². The van der Waals surface area contributed by atoms with Crippen LogP contribution in [0.1, 0.15) is 30.5 Å². The van der Waals surface area contributed by atoms with E-state index in [1.54, 1.807) is 13.8 Å². The Morgan fingerprint density at radius 2 is 1.79 bits per heavy atom. The van der Waals surface area contributed by atoms with Gasteiger partial charge < -0.3 is 10.3 Å². The standard InChI is InChI=1S/C11H15N5O3/c1-5(2)16-6-8(13-9(16)7(12)17)14(3)11(19)15(4)10(6)18/h5H,1-4H3,(H2,12,17). The predicted octanol–water partition coefficient (Wildman–Crippen LogP) is -0.886. The van der Waals surface area contributed by atoms with Gasteiger partial charge in [0.05, 0.1) is 0 Å². The Kier molecular flexibility index (Phi) is 2.80. The summed E-state index contributed by atoms with van der Waals surface area (Å²) < 4.78 is 3.66. The molecule has 0 unspecified atom stereocenters. The first kappa shape index (κ1) is 13.1. The lowest BCUT2D eigenvalue weighted by Gasteiger charge is -2.11. The first-order valence-electron chi connectivity index (χ1n) is 5.75. The van der Waals surface area contributed by atoms with Crippen molar-refractivity contribution in [2.24, 2.45) is 19.8 Å². The molecule has 2 rings (SSSR count). The second-order valence-corrected chi connectivity index (χ2v) is 4.64. The van der Waals surface area contributed by atoms with Crippen molar-refractivity contribution in [1.82, 2.24) is 18.7 Å². The van der Waals surface area contributed by atoms with E-state index in [9.17, 15) is 14.4 Å². The van der Waals surface area contributed by atoms with Crippen molar-refractivity contribution >= 4 is 17.1 Å². The molecule has 0 fully saturated rings. The number of nitrogens with two attached hydrogens (primary N) is 1. The lowest BCUT2D eigenvalue weighted by Crippen LogP contribution is -2.37. The molecule has 0 saturated carbocycles. The summed E-state index contributed by atoms with van der Waals surface area (Å²) in [4.78, 5) is 39.5. The maximum absolute atomic E-state index is 12.2. The molecule has 8 nitrogen and oxygen atoms in total. The molecule has 0 saturated heterocycles. The molecule has 0 bridgehead atoms. The Morgan fingerprint density at radius 3 is 2.26 bits per heavy atom. The molecule has 0 aliphatic rings. The molecule has 2 aromatic rings. The van der Waals surface area contributed by atoms with Gasteiger partial charge in [-0.2, -0.15) is 0 Å². The van der Waals surface area contributed by atoms with Crippen molar-refractivity contribution in [3.05, 3.63) is 26.7 Å². The number of carbonyl (C=O) groups excluding carboxylic acids is 1. The average molecular weight is 265 g/mol. The number of hydrogen-bond acceptors (Lipinski definition) is 4. The third-order valence-corrected chi connectivity index (χ3v) is 3.03. The lowest BCUT2D eigenvalue weighted by molar-refractivity contribution is 0.0985. The Balaban J connectivity index is 3.15. The topological polar surface area (TPSA) is 105 Å². The molecule has 0 spiro atoms. The van der Waals surface area contributed by atoms with Crippen LogP contribution in [0.25, 0.3) is 11.2 Å². The largest absolute Gasteiger partial charge is 0.363 e. The van der Waals surface area contributed by atoms with Crippen LogP contribution in [0.5, 0.6) is 0 Å². The van der Waals surface area contributed by atoms with Crippen molar-refractivity contribution < 1.29 is 4.79 Å². The van der Waals surface area contributed by atoms with Gasteiger partial charge in [0.15, 0.2) is 11.2 Å². The molecule has 2 heterocycles. The second-order valence-electron chi connectivity index (χ2n) is 4.64. The van der Waals surface area contributed by atoms with Gasteiger partial charge in [0, 0.05) is 20.1 Å². The second kappa shape index (κ2) is 4.08. The van der Waals surface area contributed by atoms with Gasteiger partial charge in [-0.15, -0.1) is 0 Å². The van der Waals surface area contributed by atoms with Crippen LogP contribution in [-0.2, 0) is 14.1 Å². The number of fused-ring (bicyclic) bond motifs is 1. The van der Waals surface area contributed by atoms with E-state index in [1.165, 1.54) is 23.2 Å². The van der Waals surface area contributed by atoms with Crippen LogP contribution in [0.2, 0.25) is 0 Å². The van der Waals surface area contributed by atoms with Crippen LogP contribution in [-0.4, -0.2) is 24.6 Å². The molecule has 0 aromatic carbocycles. The van der Waals surface area contributed by atoms with Crippen LogP contribution in [0.3, 0.4) is 0 Å². The van der Waals surface area contributed by atoms with Crippen LogP contribution in [0.15, 0.2) is 9.59 Å².